The van der Waals surface area contributed by atoms with Gasteiger partial charge in [-0.2, -0.15) is 0 Å². The molecule has 1 aliphatic heterocycles. The topological polar surface area (TPSA) is 66.0 Å². The van der Waals surface area contributed by atoms with E-state index in [1.54, 1.807) is 19.0 Å². The van der Waals surface area contributed by atoms with Crippen molar-refractivity contribution in [2.24, 2.45) is 4.99 Å². The van der Waals surface area contributed by atoms with Crippen LogP contribution in [-0.2, 0) is 9.53 Å². The predicted molar refractivity (Wildman–Crippen MR) is 106 cm³/mol. The third-order valence-electron chi connectivity index (χ3n) is 3.72. The van der Waals surface area contributed by atoms with E-state index in [0.29, 0.717) is 5.96 Å². The minimum atomic E-state index is 0. The molecule has 1 atom stereocenters. The van der Waals surface area contributed by atoms with Crippen molar-refractivity contribution in [1.29, 1.82) is 0 Å². The molecule has 0 aromatic carbocycles. The van der Waals surface area contributed by atoms with Gasteiger partial charge in [-0.3, -0.25) is 4.79 Å². The van der Waals surface area contributed by atoms with E-state index in [0.717, 1.165) is 39.0 Å². The van der Waals surface area contributed by atoms with E-state index in [9.17, 15) is 4.79 Å². The number of aliphatic imine (C=N–C) groups is 1. The maximum atomic E-state index is 11.7. The number of hydrogen-bond donors (Lipinski definition) is 2. The molecule has 1 unspecified atom stereocenters. The summed E-state index contributed by atoms with van der Waals surface area (Å²) in [5, 5.41) is 6.60. The number of carbonyl (C=O) groups is 1. The molecule has 6 nitrogen and oxygen atoms in total. The molecule has 1 amide bonds. The molecule has 0 saturated carbocycles. The SMILES string of the molecule is CCCCCCNC(=NCC(=O)N(C)C)NCC1CCCO1.I. The Morgan fingerprint density at radius 2 is 2.04 bits per heavy atom. The number of ether oxygens (including phenoxy) is 1. The van der Waals surface area contributed by atoms with Crippen LogP contribution >= 0.6 is 24.0 Å². The van der Waals surface area contributed by atoms with E-state index in [4.69, 9.17) is 4.74 Å². The summed E-state index contributed by atoms with van der Waals surface area (Å²) in [6, 6.07) is 0. The van der Waals surface area contributed by atoms with Gasteiger partial charge in [-0.25, -0.2) is 4.99 Å². The molecule has 136 valence electrons. The van der Waals surface area contributed by atoms with Gasteiger partial charge in [0.05, 0.1) is 6.10 Å². The number of halogens is 1. The van der Waals surface area contributed by atoms with E-state index in [2.05, 4.69) is 22.5 Å². The fourth-order valence-corrected chi connectivity index (χ4v) is 2.24. The van der Waals surface area contributed by atoms with Crippen molar-refractivity contribution in [3.8, 4) is 0 Å². The Hall–Kier alpha value is -0.570. The molecule has 0 aliphatic carbocycles. The van der Waals surface area contributed by atoms with Crippen LogP contribution in [0.25, 0.3) is 0 Å². The Kier molecular flexibility index (Phi) is 13.5. The summed E-state index contributed by atoms with van der Waals surface area (Å²) in [6.45, 7) is 4.85. The van der Waals surface area contributed by atoms with Crippen LogP contribution in [0.1, 0.15) is 45.4 Å². The number of rotatable bonds is 9. The van der Waals surface area contributed by atoms with Crippen LogP contribution in [0.15, 0.2) is 4.99 Å². The molecule has 1 heterocycles. The number of likely N-dealkylation sites (N-methyl/N-ethyl adjacent to an activating group) is 1. The van der Waals surface area contributed by atoms with Gasteiger partial charge in [0.15, 0.2) is 5.96 Å². The monoisotopic (exact) mass is 440 g/mol. The Bertz CT molecular complexity index is 345. The lowest BCUT2D eigenvalue weighted by atomic mass is 10.2. The number of hydrogen-bond acceptors (Lipinski definition) is 3. The largest absolute Gasteiger partial charge is 0.376 e. The van der Waals surface area contributed by atoms with Crippen molar-refractivity contribution >= 4 is 35.8 Å². The van der Waals surface area contributed by atoms with Gasteiger partial charge in [0.25, 0.3) is 0 Å². The smallest absolute Gasteiger partial charge is 0.243 e. The van der Waals surface area contributed by atoms with Crippen molar-refractivity contribution in [3.63, 3.8) is 0 Å². The number of nitrogens with zero attached hydrogens (tertiary/aromatic N) is 2. The van der Waals surface area contributed by atoms with Crippen LogP contribution < -0.4 is 10.6 Å². The van der Waals surface area contributed by atoms with E-state index in [1.165, 1.54) is 19.3 Å². The van der Waals surface area contributed by atoms with Gasteiger partial charge in [0.2, 0.25) is 5.91 Å². The van der Waals surface area contributed by atoms with E-state index < -0.39 is 0 Å². The van der Waals surface area contributed by atoms with E-state index in [-0.39, 0.29) is 42.5 Å². The Morgan fingerprint density at radius 1 is 1.26 bits per heavy atom. The first-order valence-electron chi connectivity index (χ1n) is 8.47. The molecule has 1 fully saturated rings. The van der Waals surface area contributed by atoms with E-state index in [1.807, 2.05) is 0 Å². The first-order chi connectivity index (χ1) is 10.6. The molecular weight excluding hydrogens is 407 g/mol. The van der Waals surface area contributed by atoms with Gasteiger partial charge in [-0.15, -0.1) is 24.0 Å². The molecule has 7 heteroatoms. The minimum absolute atomic E-state index is 0. The van der Waals surface area contributed by atoms with Gasteiger partial charge < -0.3 is 20.3 Å². The quantitative estimate of drug-likeness (QED) is 0.249. The highest BCUT2D eigenvalue weighted by molar-refractivity contribution is 14.0. The molecule has 0 radical (unpaired) electrons. The number of amides is 1. The second-order valence-corrected chi connectivity index (χ2v) is 5.96. The van der Waals surface area contributed by atoms with Crippen molar-refractivity contribution in [1.82, 2.24) is 15.5 Å². The minimum Gasteiger partial charge on any atom is -0.376 e. The summed E-state index contributed by atoms with van der Waals surface area (Å²) in [7, 11) is 3.49. The highest BCUT2D eigenvalue weighted by Gasteiger charge is 2.15. The number of guanidine groups is 1. The average molecular weight is 440 g/mol. The molecule has 2 N–H and O–H groups in total. The van der Waals surface area contributed by atoms with Gasteiger partial charge in [-0.05, 0) is 19.3 Å². The summed E-state index contributed by atoms with van der Waals surface area (Å²) in [4.78, 5) is 17.6. The third-order valence-corrected chi connectivity index (χ3v) is 3.72. The molecule has 0 spiro atoms. The molecule has 1 rings (SSSR count). The number of unbranched alkanes of at least 4 members (excludes halogenated alkanes) is 3. The van der Waals surface area contributed by atoms with Gasteiger partial charge >= 0.3 is 0 Å². The van der Waals surface area contributed by atoms with Crippen LogP contribution in [0.5, 0.6) is 0 Å². The highest BCUT2D eigenvalue weighted by Crippen LogP contribution is 2.10. The first-order valence-corrected chi connectivity index (χ1v) is 8.47. The summed E-state index contributed by atoms with van der Waals surface area (Å²) in [6.07, 6.45) is 7.31. The van der Waals surface area contributed by atoms with E-state index >= 15 is 0 Å². The molecule has 0 aromatic heterocycles. The van der Waals surface area contributed by atoms with Crippen LogP contribution in [0.2, 0.25) is 0 Å². The van der Waals surface area contributed by atoms with Crippen LogP contribution in [0.4, 0.5) is 0 Å². The zero-order valence-corrected chi connectivity index (χ0v) is 17.1. The highest BCUT2D eigenvalue weighted by atomic mass is 127. The average Bonchev–Trinajstić information content (AvgIpc) is 3.01. The Balaban J connectivity index is 0.00000484. The Morgan fingerprint density at radius 3 is 2.65 bits per heavy atom. The standard InChI is InChI=1S/C16H32N4O2.HI/c1-4-5-6-7-10-17-16(19-13-15(21)20(2)3)18-12-14-9-8-11-22-14;/h14H,4-13H2,1-3H3,(H2,17,18,19);1H. The normalized spacial score (nSPS) is 17.5. The maximum Gasteiger partial charge on any atom is 0.243 e. The van der Waals surface area contributed by atoms with Crippen LogP contribution in [-0.4, -0.2) is 63.2 Å². The lowest BCUT2D eigenvalue weighted by Crippen LogP contribution is -2.42. The fourth-order valence-electron chi connectivity index (χ4n) is 2.24. The van der Waals surface area contributed by atoms with Crippen molar-refractivity contribution < 1.29 is 9.53 Å². The third kappa shape index (κ3) is 10.8. The molecule has 23 heavy (non-hydrogen) atoms. The zero-order valence-electron chi connectivity index (χ0n) is 14.8. The van der Waals surface area contributed by atoms with Gasteiger partial charge in [0, 0.05) is 33.8 Å². The van der Waals surface area contributed by atoms with Gasteiger partial charge in [0.1, 0.15) is 6.54 Å². The lowest BCUT2D eigenvalue weighted by molar-refractivity contribution is -0.127. The molecular formula is C16H33IN4O2. The molecule has 1 saturated heterocycles. The molecule has 1 aliphatic rings. The predicted octanol–water partition coefficient (Wildman–Crippen LogP) is 1.99. The molecule has 0 bridgehead atoms. The summed E-state index contributed by atoms with van der Waals surface area (Å²) in [5.74, 6) is 0.714. The fraction of sp³-hybridized carbons (Fsp3) is 0.875. The Labute approximate surface area is 157 Å². The van der Waals surface area contributed by atoms with Crippen molar-refractivity contribution in [3.05, 3.63) is 0 Å². The lowest BCUT2D eigenvalue weighted by Gasteiger charge is -2.16. The first kappa shape index (κ1) is 22.4. The summed E-state index contributed by atoms with van der Waals surface area (Å²) in [5.41, 5.74) is 0. The second kappa shape index (κ2) is 13.8. The summed E-state index contributed by atoms with van der Waals surface area (Å²) < 4.78 is 5.60. The molecule has 0 aromatic rings. The maximum absolute atomic E-state index is 11.7. The summed E-state index contributed by atoms with van der Waals surface area (Å²) >= 11 is 0. The second-order valence-electron chi connectivity index (χ2n) is 5.96. The number of carbonyl (C=O) groups excluding carboxylic acids is 1. The van der Waals surface area contributed by atoms with Crippen molar-refractivity contribution in [2.45, 2.75) is 51.6 Å². The van der Waals surface area contributed by atoms with Gasteiger partial charge in [-0.1, -0.05) is 26.2 Å². The zero-order chi connectivity index (χ0) is 16.2. The van der Waals surface area contributed by atoms with Crippen LogP contribution in [0, 0.1) is 0 Å². The van der Waals surface area contributed by atoms with Crippen molar-refractivity contribution in [2.75, 3.05) is 40.3 Å². The van der Waals surface area contributed by atoms with Crippen LogP contribution in [0.3, 0.4) is 0 Å². The number of nitrogens with one attached hydrogen (secondary N) is 2.